The molecule has 0 aliphatic rings. The summed E-state index contributed by atoms with van der Waals surface area (Å²) >= 11 is 1.49. The lowest BCUT2D eigenvalue weighted by atomic mass is 10.1. The minimum absolute atomic E-state index is 0.0474. The van der Waals surface area contributed by atoms with E-state index in [1.165, 1.54) is 23.5 Å². The minimum atomic E-state index is -4.48. The number of halogens is 3. The van der Waals surface area contributed by atoms with Crippen molar-refractivity contribution in [1.82, 2.24) is 4.98 Å². The van der Waals surface area contributed by atoms with Crippen molar-refractivity contribution < 1.29 is 18.0 Å². The van der Waals surface area contributed by atoms with Gasteiger partial charge in [0.1, 0.15) is 5.01 Å². The van der Waals surface area contributed by atoms with E-state index < -0.39 is 17.6 Å². The van der Waals surface area contributed by atoms with E-state index in [1.807, 2.05) is 5.38 Å². The molecule has 0 spiro atoms. The first kappa shape index (κ1) is 16.2. The maximum Gasteiger partial charge on any atom is 0.416 e. The van der Waals surface area contributed by atoms with Crippen LogP contribution in [0.2, 0.25) is 0 Å². The Bertz CT molecular complexity index is 843. The SMILES string of the molecule is O=C(Nc1ccc(-c2nccs2)cc1)c1cccc(C(F)(F)F)c1. The van der Waals surface area contributed by atoms with Crippen LogP contribution in [0, 0.1) is 0 Å². The summed E-state index contributed by atoms with van der Waals surface area (Å²) in [5, 5.41) is 5.30. The van der Waals surface area contributed by atoms with Crippen LogP contribution >= 0.6 is 11.3 Å². The minimum Gasteiger partial charge on any atom is -0.322 e. The van der Waals surface area contributed by atoms with E-state index in [0.29, 0.717) is 5.69 Å². The summed E-state index contributed by atoms with van der Waals surface area (Å²) < 4.78 is 38.1. The Kier molecular flexibility index (Phi) is 4.35. The quantitative estimate of drug-likeness (QED) is 0.717. The molecular weight excluding hydrogens is 337 g/mol. The highest BCUT2D eigenvalue weighted by molar-refractivity contribution is 7.13. The number of benzene rings is 2. The molecular formula is C17H11F3N2OS. The maximum atomic E-state index is 12.7. The van der Waals surface area contributed by atoms with Gasteiger partial charge in [-0.05, 0) is 42.5 Å². The number of carbonyl (C=O) groups excluding carboxylic acids is 1. The van der Waals surface area contributed by atoms with Crippen molar-refractivity contribution in [2.75, 3.05) is 5.32 Å². The molecule has 0 aliphatic heterocycles. The molecule has 2 aromatic carbocycles. The summed E-state index contributed by atoms with van der Waals surface area (Å²) in [6.07, 6.45) is -2.78. The zero-order valence-corrected chi connectivity index (χ0v) is 13.0. The van der Waals surface area contributed by atoms with Crippen LogP contribution < -0.4 is 5.32 Å². The van der Waals surface area contributed by atoms with Gasteiger partial charge in [0.05, 0.1) is 5.56 Å². The molecule has 0 saturated carbocycles. The summed E-state index contributed by atoms with van der Waals surface area (Å²) in [5.41, 5.74) is 0.503. The lowest BCUT2D eigenvalue weighted by Gasteiger charge is -2.09. The van der Waals surface area contributed by atoms with Gasteiger partial charge in [-0.2, -0.15) is 13.2 Å². The predicted octanol–water partition coefficient (Wildman–Crippen LogP) is 5.08. The van der Waals surface area contributed by atoms with Gasteiger partial charge in [0.2, 0.25) is 0 Å². The van der Waals surface area contributed by atoms with Crippen LogP contribution in [-0.2, 0) is 6.18 Å². The van der Waals surface area contributed by atoms with Crippen molar-refractivity contribution in [2.24, 2.45) is 0 Å². The first-order valence-corrected chi connectivity index (χ1v) is 7.80. The Morgan fingerprint density at radius 3 is 2.46 bits per heavy atom. The van der Waals surface area contributed by atoms with Gasteiger partial charge in [0.15, 0.2) is 0 Å². The molecule has 0 atom stereocenters. The topological polar surface area (TPSA) is 42.0 Å². The van der Waals surface area contributed by atoms with E-state index in [4.69, 9.17) is 0 Å². The molecule has 0 bridgehead atoms. The normalized spacial score (nSPS) is 11.3. The van der Waals surface area contributed by atoms with Gasteiger partial charge in [0.25, 0.3) is 5.91 Å². The van der Waals surface area contributed by atoms with Crippen molar-refractivity contribution in [3.63, 3.8) is 0 Å². The molecule has 0 aliphatic carbocycles. The molecule has 0 fully saturated rings. The third-order valence-corrected chi connectivity index (χ3v) is 4.10. The molecule has 1 N–H and O–H groups in total. The fourth-order valence-electron chi connectivity index (χ4n) is 2.10. The lowest BCUT2D eigenvalue weighted by Crippen LogP contribution is -2.13. The third kappa shape index (κ3) is 3.62. The van der Waals surface area contributed by atoms with E-state index in [1.54, 1.807) is 30.5 Å². The van der Waals surface area contributed by atoms with Crippen molar-refractivity contribution >= 4 is 22.9 Å². The van der Waals surface area contributed by atoms with Gasteiger partial charge in [-0.15, -0.1) is 11.3 Å². The summed E-state index contributed by atoms with van der Waals surface area (Å²) in [5.74, 6) is -0.594. The first-order chi connectivity index (χ1) is 11.4. The molecule has 122 valence electrons. The maximum absolute atomic E-state index is 12.7. The Morgan fingerprint density at radius 2 is 1.83 bits per heavy atom. The van der Waals surface area contributed by atoms with Crippen LogP contribution in [0.25, 0.3) is 10.6 Å². The summed E-state index contributed by atoms with van der Waals surface area (Å²) in [7, 11) is 0. The standard InChI is InChI=1S/C17H11F3N2OS/c18-17(19,20)13-3-1-2-12(10-13)15(23)22-14-6-4-11(5-7-14)16-21-8-9-24-16/h1-10H,(H,22,23). The van der Waals surface area contributed by atoms with Gasteiger partial charge >= 0.3 is 6.18 Å². The molecule has 7 heteroatoms. The summed E-state index contributed by atoms with van der Waals surface area (Å²) in [6.45, 7) is 0. The fourth-order valence-corrected chi connectivity index (χ4v) is 2.75. The van der Waals surface area contributed by atoms with Crippen LogP contribution in [0.3, 0.4) is 0 Å². The number of nitrogens with zero attached hydrogens (tertiary/aromatic N) is 1. The smallest absolute Gasteiger partial charge is 0.322 e. The first-order valence-electron chi connectivity index (χ1n) is 6.92. The van der Waals surface area contributed by atoms with Gasteiger partial charge in [-0.25, -0.2) is 4.98 Å². The molecule has 0 unspecified atom stereocenters. The number of rotatable bonds is 3. The zero-order valence-electron chi connectivity index (χ0n) is 12.2. The Balaban J connectivity index is 1.75. The molecule has 3 aromatic rings. The van der Waals surface area contributed by atoms with E-state index >= 15 is 0 Å². The number of aromatic nitrogens is 1. The second-order valence-corrected chi connectivity index (χ2v) is 5.84. The number of nitrogens with one attached hydrogen (secondary N) is 1. The second kappa shape index (κ2) is 6.45. The van der Waals surface area contributed by atoms with Crippen LogP contribution in [0.5, 0.6) is 0 Å². The summed E-state index contributed by atoms with van der Waals surface area (Å²) in [6, 6.07) is 11.3. The van der Waals surface area contributed by atoms with Crippen molar-refractivity contribution in [1.29, 1.82) is 0 Å². The fraction of sp³-hybridized carbons (Fsp3) is 0.0588. The number of carbonyl (C=O) groups is 1. The highest BCUT2D eigenvalue weighted by Crippen LogP contribution is 2.30. The number of hydrogen-bond acceptors (Lipinski definition) is 3. The molecule has 3 rings (SSSR count). The van der Waals surface area contributed by atoms with Gasteiger partial charge < -0.3 is 5.32 Å². The van der Waals surface area contributed by atoms with E-state index in [9.17, 15) is 18.0 Å². The molecule has 0 radical (unpaired) electrons. The third-order valence-electron chi connectivity index (χ3n) is 3.27. The van der Waals surface area contributed by atoms with Crippen molar-refractivity contribution in [3.05, 3.63) is 71.2 Å². The average Bonchev–Trinajstić information content (AvgIpc) is 3.09. The van der Waals surface area contributed by atoms with Crippen LogP contribution in [-0.4, -0.2) is 10.9 Å². The Hall–Kier alpha value is -2.67. The summed E-state index contributed by atoms with van der Waals surface area (Å²) in [4.78, 5) is 16.3. The van der Waals surface area contributed by atoms with Gasteiger partial charge in [-0.1, -0.05) is 6.07 Å². The van der Waals surface area contributed by atoms with Crippen LogP contribution in [0.4, 0.5) is 18.9 Å². The average molecular weight is 348 g/mol. The molecule has 3 nitrogen and oxygen atoms in total. The number of thiazole rings is 1. The zero-order chi connectivity index (χ0) is 17.2. The van der Waals surface area contributed by atoms with Crippen LogP contribution in [0.15, 0.2) is 60.1 Å². The van der Waals surface area contributed by atoms with Gasteiger partial charge in [-0.3, -0.25) is 4.79 Å². The van der Waals surface area contributed by atoms with Crippen LogP contribution in [0.1, 0.15) is 15.9 Å². The lowest BCUT2D eigenvalue weighted by molar-refractivity contribution is -0.137. The monoisotopic (exact) mass is 348 g/mol. The van der Waals surface area contributed by atoms with E-state index in [-0.39, 0.29) is 5.56 Å². The van der Waals surface area contributed by atoms with E-state index in [2.05, 4.69) is 10.3 Å². The number of hydrogen-bond donors (Lipinski definition) is 1. The van der Waals surface area contributed by atoms with Gasteiger partial charge in [0, 0.05) is 28.4 Å². The molecule has 24 heavy (non-hydrogen) atoms. The Labute approximate surface area is 139 Å². The van der Waals surface area contributed by atoms with Crippen molar-refractivity contribution in [3.8, 4) is 10.6 Å². The molecule has 1 heterocycles. The number of amides is 1. The molecule has 1 amide bonds. The van der Waals surface area contributed by atoms with E-state index in [0.717, 1.165) is 22.7 Å². The highest BCUT2D eigenvalue weighted by atomic mass is 32.1. The Morgan fingerprint density at radius 1 is 1.08 bits per heavy atom. The predicted molar refractivity (Wildman–Crippen MR) is 86.9 cm³/mol. The second-order valence-electron chi connectivity index (χ2n) is 4.95. The molecule has 1 aromatic heterocycles. The number of alkyl halides is 3. The number of anilines is 1. The highest BCUT2D eigenvalue weighted by Gasteiger charge is 2.30. The largest absolute Gasteiger partial charge is 0.416 e. The molecule has 0 saturated heterocycles. The van der Waals surface area contributed by atoms with Crippen molar-refractivity contribution in [2.45, 2.75) is 6.18 Å².